The van der Waals surface area contributed by atoms with Gasteiger partial charge in [0.05, 0.1) is 18.7 Å². The summed E-state index contributed by atoms with van der Waals surface area (Å²) in [6.07, 6.45) is 0. The third-order valence-corrected chi connectivity index (χ3v) is 4.70. The molecule has 2 N–H and O–H groups in total. The van der Waals surface area contributed by atoms with E-state index < -0.39 is 17.9 Å². The van der Waals surface area contributed by atoms with Crippen LogP contribution in [0.1, 0.15) is 39.4 Å². The number of hydrogen-bond acceptors (Lipinski definition) is 7. The van der Waals surface area contributed by atoms with Crippen molar-refractivity contribution in [2.45, 2.75) is 13.0 Å². The first-order valence-corrected chi connectivity index (χ1v) is 9.05. The van der Waals surface area contributed by atoms with E-state index in [4.69, 9.17) is 18.7 Å². The lowest BCUT2D eigenvalue weighted by Gasteiger charge is -2.15. The lowest BCUT2D eigenvalue weighted by atomic mass is 10.00. The normalized spacial score (nSPS) is 13.0. The van der Waals surface area contributed by atoms with E-state index in [9.17, 15) is 14.7 Å². The minimum absolute atomic E-state index is 0.102. The van der Waals surface area contributed by atoms with Crippen LogP contribution in [0.2, 0.25) is 0 Å². The number of carboxylic acid groups (broad SMARTS) is 1. The molecule has 1 aromatic heterocycles. The fourth-order valence-corrected chi connectivity index (χ4v) is 3.20. The van der Waals surface area contributed by atoms with Crippen molar-refractivity contribution < 1.29 is 33.4 Å². The Hall–Kier alpha value is -4.01. The molecule has 4 rings (SSSR count). The number of hydrogen-bond donors (Lipinski definition) is 2. The summed E-state index contributed by atoms with van der Waals surface area (Å²) in [6, 6.07) is 11.0. The van der Waals surface area contributed by atoms with Crippen LogP contribution in [0.25, 0.3) is 11.3 Å². The maximum Gasteiger partial charge on any atom is 0.375 e. The van der Waals surface area contributed by atoms with E-state index >= 15 is 0 Å². The number of rotatable bonds is 6. The van der Waals surface area contributed by atoms with Crippen molar-refractivity contribution in [1.29, 1.82) is 0 Å². The topological polar surface area (TPSA) is 120 Å². The van der Waals surface area contributed by atoms with Crippen molar-refractivity contribution in [2.24, 2.45) is 0 Å². The molecule has 0 radical (unpaired) electrons. The van der Waals surface area contributed by atoms with Crippen molar-refractivity contribution in [1.82, 2.24) is 10.5 Å². The number of ether oxygens (including phenoxy) is 3. The van der Waals surface area contributed by atoms with E-state index in [2.05, 4.69) is 10.5 Å². The Bertz CT molecular complexity index is 1110. The Balaban J connectivity index is 1.63. The van der Waals surface area contributed by atoms with Gasteiger partial charge in [-0.15, -0.1) is 0 Å². The second-order valence-electron chi connectivity index (χ2n) is 6.57. The van der Waals surface area contributed by atoms with Crippen LogP contribution in [0.15, 0.2) is 47.0 Å². The Morgan fingerprint density at radius 1 is 1.13 bits per heavy atom. The maximum absolute atomic E-state index is 12.7. The Morgan fingerprint density at radius 3 is 2.57 bits per heavy atom. The van der Waals surface area contributed by atoms with Gasteiger partial charge in [0.15, 0.2) is 11.5 Å². The predicted molar refractivity (Wildman–Crippen MR) is 104 cm³/mol. The van der Waals surface area contributed by atoms with E-state index in [1.54, 1.807) is 56.5 Å². The molecule has 9 heteroatoms. The molecular weight excluding hydrogens is 392 g/mol. The van der Waals surface area contributed by atoms with Crippen LogP contribution in [-0.2, 0) is 0 Å². The molecule has 30 heavy (non-hydrogen) atoms. The van der Waals surface area contributed by atoms with Gasteiger partial charge in [0, 0.05) is 11.1 Å². The van der Waals surface area contributed by atoms with Gasteiger partial charge in [-0.25, -0.2) is 4.79 Å². The number of benzene rings is 2. The highest BCUT2D eigenvalue weighted by Gasteiger charge is 2.28. The van der Waals surface area contributed by atoms with Gasteiger partial charge < -0.3 is 29.2 Å². The van der Waals surface area contributed by atoms with E-state index in [0.29, 0.717) is 34.1 Å². The van der Waals surface area contributed by atoms with Gasteiger partial charge in [0.25, 0.3) is 5.91 Å². The summed E-state index contributed by atoms with van der Waals surface area (Å²) in [5, 5.41) is 16.2. The fraction of sp³-hybridized carbons (Fsp3) is 0.190. The number of carboxylic acids is 1. The van der Waals surface area contributed by atoms with Crippen LogP contribution in [-0.4, -0.2) is 36.0 Å². The number of aromatic carboxylic acids is 1. The maximum atomic E-state index is 12.7. The zero-order chi connectivity index (χ0) is 21.3. The second-order valence-corrected chi connectivity index (χ2v) is 6.57. The number of nitrogens with one attached hydrogen (secondary N) is 1. The summed E-state index contributed by atoms with van der Waals surface area (Å²) < 4.78 is 20.8. The van der Waals surface area contributed by atoms with E-state index in [1.807, 2.05) is 0 Å². The lowest BCUT2D eigenvalue weighted by molar-refractivity contribution is 0.0648. The van der Waals surface area contributed by atoms with Crippen molar-refractivity contribution >= 4 is 11.9 Å². The highest BCUT2D eigenvalue weighted by atomic mass is 16.7. The van der Waals surface area contributed by atoms with Crippen LogP contribution in [0.5, 0.6) is 17.2 Å². The van der Waals surface area contributed by atoms with Crippen LogP contribution in [0.4, 0.5) is 0 Å². The van der Waals surface area contributed by atoms with Crippen LogP contribution in [0.3, 0.4) is 0 Å². The molecule has 0 saturated heterocycles. The first kappa shape index (κ1) is 19.3. The van der Waals surface area contributed by atoms with Gasteiger partial charge >= 0.3 is 5.97 Å². The average Bonchev–Trinajstić information content (AvgIpc) is 3.40. The molecule has 0 aliphatic carbocycles. The summed E-state index contributed by atoms with van der Waals surface area (Å²) in [4.78, 5) is 24.4. The largest absolute Gasteiger partial charge is 0.497 e. The third kappa shape index (κ3) is 3.52. The number of fused-ring (bicyclic) bond motifs is 1. The molecule has 9 nitrogen and oxygen atoms in total. The first-order chi connectivity index (χ1) is 14.5. The summed E-state index contributed by atoms with van der Waals surface area (Å²) in [5.74, 6) is -0.329. The molecule has 2 aromatic carbocycles. The summed E-state index contributed by atoms with van der Waals surface area (Å²) in [6.45, 7) is 1.77. The Morgan fingerprint density at radius 2 is 1.87 bits per heavy atom. The van der Waals surface area contributed by atoms with Crippen molar-refractivity contribution in [3.63, 3.8) is 0 Å². The average molecular weight is 410 g/mol. The van der Waals surface area contributed by atoms with Crippen LogP contribution in [0, 0.1) is 0 Å². The molecule has 0 spiro atoms. The lowest BCUT2D eigenvalue weighted by Crippen LogP contribution is -2.27. The SMILES string of the molecule is COc1ccc(-c2noc(C(=O)O)c2[C@@H](C)NC(=O)c2ccc3c(c2)OCO3)cc1. The van der Waals surface area contributed by atoms with Crippen molar-refractivity contribution in [3.05, 3.63) is 59.4 Å². The highest BCUT2D eigenvalue weighted by molar-refractivity contribution is 5.96. The zero-order valence-electron chi connectivity index (χ0n) is 16.2. The zero-order valence-corrected chi connectivity index (χ0v) is 16.2. The molecule has 0 fully saturated rings. The predicted octanol–water partition coefficient (Wildman–Crippen LogP) is 3.27. The Labute approximate surface area is 171 Å². The third-order valence-electron chi connectivity index (χ3n) is 4.70. The fourth-order valence-electron chi connectivity index (χ4n) is 3.20. The number of nitrogens with zero attached hydrogens (tertiary/aromatic N) is 1. The van der Waals surface area contributed by atoms with Gasteiger partial charge in [-0.2, -0.15) is 0 Å². The highest BCUT2D eigenvalue weighted by Crippen LogP contribution is 2.34. The van der Waals surface area contributed by atoms with Crippen LogP contribution < -0.4 is 19.5 Å². The van der Waals surface area contributed by atoms with Gasteiger partial charge in [0.1, 0.15) is 11.4 Å². The summed E-state index contributed by atoms with van der Waals surface area (Å²) >= 11 is 0. The number of methoxy groups -OCH3 is 1. The molecule has 0 saturated carbocycles. The van der Waals surface area contributed by atoms with Gasteiger partial charge in [-0.1, -0.05) is 5.16 Å². The molecule has 0 bridgehead atoms. The molecule has 1 aliphatic heterocycles. The second kappa shape index (κ2) is 7.78. The molecule has 0 unspecified atom stereocenters. The van der Waals surface area contributed by atoms with E-state index in [0.717, 1.165) is 0 Å². The molecule has 3 aromatic rings. The molecule has 1 aliphatic rings. The number of aromatic nitrogens is 1. The number of amides is 1. The van der Waals surface area contributed by atoms with Crippen molar-refractivity contribution in [3.8, 4) is 28.5 Å². The molecule has 1 atom stereocenters. The molecule has 154 valence electrons. The minimum atomic E-state index is -1.28. The van der Waals surface area contributed by atoms with E-state index in [1.165, 1.54) is 0 Å². The Kier molecular flexibility index (Phi) is 5.01. The number of carbonyl (C=O) groups is 2. The quantitative estimate of drug-likeness (QED) is 0.635. The molecular formula is C21H18N2O7. The smallest absolute Gasteiger partial charge is 0.375 e. The van der Waals surface area contributed by atoms with Crippen molar-refractivity contribution in [2.75, 3.05) is 13.9 Å². The first-order valence-electron chi connectivity index (χ1n) is 9.05. The number of carbonyl (C=O) groups excluding carboxylic acids is 1. The van der Waals surface area contributed by atoms with Crippen LogP contribution >= 0.6 is 0 Å². The van der Waals surface area contributed by atoms with Gasteiger partial charge in [-0.3, -0.25) is 4.79 Å². The summed E-state index contributed by atoms with van der Waals surface area (Å²) in [7, 11) is 1.55. The van der Waals surface area contributed by atoms with Gasteiger partial charge in [0.2, 0.25) is 12.6 Å². The molecule has 1 amide bonds. The monoisotopic (exact) mass is 410 g/mol. The summed E-state index contributed by atoms with van der Waals surface area (Å²) in [5.41, 5.74) is 1.58. The van der Waals surface area contributed by atoms with Gasteiger partial charge in [-0.05, 0) is 49.4 Å². The standard InChI is InChI=1S/C21H18N2O7/c1-11(22-20(24)13-5-8-15-16(9-13)29-10-28-15)17-18(23-30-19(17)21(25)26)12-3-6-14(27-2)7-4-12/h3-9,11H,10H2,1-2H3,(H,22,24)(H,25,26)/t11-/m1/s1. The van der Waals surface area contributed by atoms with E-state index in [-0.39, 0.29) is 18.1 Å². The molecule has 2 heterocycles. The minimum Gasteiger partial charge on any atom is -0.497 e.